The van der Waals surface area contributed by atoms with Gasteiger partial charge in [-0.1, -0.05) is 23.5 Å². The first kappa shape index (κ1) is 21.0. The number of nitrogens with zero attached hydrogens (tertiary/aromatic N) is 3. The van der Waals surface area contributed by atoms with Crippen molar-refractivity contribution in [2.24, 2.45) is 0 Å². The van der Waals surface area contributed by atoms with E-state index < -0.39 is 6.09 Å². The lowest BCUT2D eigenvalue weighted by molar-refractivity contribution is -0.132. The molecule has 0 unspecified atom stereocenters. The lowest BCUT2D eigenvalue weighted by Gasteiger charge is -2.26. The summed E-state index contributed by atoms with van der Waals surface area (Å²) in [6, 6.07) is 6.75. The van der Waals surface area contributed by atoms with Crippen LogP contribution < -0.4 is 5.32 Å². The zero-order valence-electron chi connectivity index (χ0n) is 17.1. The molecule has 10 heteroatoms. The molecule has 0 atom stereocenters. The fraction of sp³-hybridized carbons (Fsp3) is 0.381. The van der Waals surface area contributed by atoms with Crippen molar-refractivity contribution in [1.29, 1.82) is 0 Å². The number of thiazole rings is 1. The number of rotatable bonds is 6. The van der Waals surface area contributed by atoms with Gasteiger partial charge in [-0.2, -0.15) is 0 Å². The van der Waals surface area contributed by atoms with Crippen LogP contribution in [0.3, 0.4) is 0 Å². The smallest absolute Gasteiger partial charge is 0.413 e. The molecule has 1 N–H and O–H groups in total. The van der Waals surface area contributed by atoms with Crippen LogP contribution in [0.15, 0.2) is 24.3 Å². The van der Waals surface area contributed by atoms with Gasteiger partial charge in [0.15, 0.2) is 5.13 Å². The lowest BCUT2D eigenvalue weighted by Crippen LogP contribution is -2.36. The zero-order chi connectivity index (χ0) is 22.0. The first-order chi connectivity index (χ1) is 15.0. The number of benzene rings is 1. The number of anilines is 1. The van der Waals surface area contributed by atoms with Gasteiger partial charge in [-0.3, -0.25) is 24.6 Å². The van der Waals surface area contributed by atoms with Gasteiger partial charge < -0.3 is 9.64 Å². The number of carbonyl (C=O) groups is 4. The molecule has 0 saturated heterocycles. The SMILES string of the molecule is CCOC(=O)Nc1nc2c(s1)CN(C(=O)CCCN1C(=O)c3ccccc3C1=O)CC2. The number of aromatic nitrogens is 1. The van der Waals surface area contributed by atoms with Crippen molar-refractivity contribution in [1.82, 2.24) is 14.8 Å². The van der Waals surface area contributed by atoms with Crippen LogP contribution in [-0.4, -0.2) is 58.3 Å². The standard InChI is InChI=1S/C21H22N4O5S/c1-2-30-21(29)23-20-22-15-9-11-24(12-16(15)31-20)17(26)8-5-10-25-18(27)13-6-3-4-7-14(13)19(25)28/h3-4,6-7H,2,5,8-12H2,1H3,(H,22,23,29). The van der Waals surface area contributed by atoms with Crippen molar-refractivity contribution >= 4 is 40.3 Å². The van der Waals surface area contributed by atoms with Gasteiger partial charge >= 0.3 is 6.09 Å². The van der Waals surface area contributed by atoms with Crippen LogP contribution in [0.4, 0.5) is 9.93 Å². The highest BCUT2D eigenvalue weighted by Crippen LogP contribution is 2.29. The molecule has 0 spiro atoms. The highest BCUT2D eigenvalue weighted by Gasteiger charge is 2.34. The molecule has 1 aromatic carbocycles. The van der Waals surface area contributed by atoms with Crippen LogP contribution in [0.5, 0.6) is 0 Å². The summed E-state index contributed by atoms with van der Waals surface area (Å²) in [5.74, 6) is -0.639. The number of hydrogen-bond acceptors (Lipinski definition) is 7. The second kappa shape index (κ2) is 8.84. The number of fused-ring (bicyclic) bond motifs is 2. The number of carbonyl (C=O) groups excluding carboxylic acids is 4. The third-order valence-electron chi connectivity index (χ3n) is 5.22. The maximum atomic E-state index is 12.7. The van der Waals surface area contributed by atoms with Crippen LogP contribution in [0.1, 0.15) is 51.1 Å². The van der Waals surface area contributed by atoms with Gasteiger partial charge in [0.05, 0.1) is 30.0 Å². The van der Waals surface area contributed by atoms with Gasteiger partial charge in [-0.05, 0) is 25.5 Å². The Labute approximate surface area is 183 Å². The summed E-state index contributed by atoms with van der Waals surface area (Å²) in [6.07, 6.45) is 0.719. The molecule has 0 radical (unpaired) electrons. The van der Waals surface area contributed by atoms with Crippen molar-refractivity contribution in [3.63, 3.8) is 0 Å². The zero-order valence-corrected chi connectivity index (χ0v) is 17.9. The molecule has 2 aliphatic heterocycles. The van der Waals surface area contributed by atoms with Crippen molar-refractivity contribution in [3.05, 3.63) is 46.0 Å². The maximum absolute atomic E-state index is 12.7. The van der Waals surface area contributed by atoms with E-state index in [9.17, 15) is 19.2 Å². The van der Waals surface area contributed by atoms with Gasteiger partial charge in [0.25, 0.3) is 11.8 Å². The molecular weight excluding hydrogens is 420 g/mol. The Balaban J connectivity index is 1.29. The fourth-order valence-electron chi connectivity index (χ4n) is 3.71. The van der Waals surface area contributed by atoms with Gasteiger partial charge in [0, 0.05) is 30.8 Å². The van der Waals surface area contributed by atoms with E-state index in [4.69, 9.17) is 4.74 Å². The minimum absolute atomic E-state index is 0.0319. The summed E-state index contributed by atoms with van der Waals surface area (Å²) in [5, 5.41) is 3.06. The predicted octanol–water partition coefficient (Wildman–Crippen LogP) is 2.67. The Morgan fingerprint density at radius 1 is 1.19 bits per heavy atom. The fourth-order valence-corrected chi connectivity index (χ4v) is 4.71. The molecule has 2 aromatic rings. The molecule has 2 aliphatic rings. The Bertz CT molecular complexity index is 1020. The monoisotopic (exact) mass is 442 g/mol. The van der Waals surface area contributed by atoms with Gasteiger partial charge in [0.2, 0.25) is 5.91 Å². The van der Waals surface area contributed by atoms with Crippen molar-refractivity contribution in [2.45, 2.75) is 32.7 Å². The summed E-state index contributed by atoms with van der Waals surface area (Å²) in [6.45, 7) is 3.19. The lowest BCUT2D eigenvalue weighted by atomic mass is 10.1. The predicted molar refractivity (Wildman–Crippen MR) is 113 cm³/mol. The highest BCUT2D eigenvalue weighted by molar-refractivity contribution is 7.15. The summed E-state index contributed by atoms with van der Waals surface area (Å²) < 4.78 is 4.86. The van der Waals surface area contributed by atoms with Crippen molar-refractivity contribution in [3.8, 4) is 0 Å². The summed E-state index contributed by atoms with van der Waals surface area (Å²) in [4.78, 5) is 57.3. The number of ether oxygens (including phenoxy) is 1. The molecule has 0 aliphatic carbocycles. The third kappa shape index (κ3) is 4.29. The third-order valence-corrected chi connectivity index (χ3v) is 6.22. The van der Waals surface area contributed by atoms with E-state index in [1.54, 1.807) is 36.1 Å². The van der Waals surface area contributed by atoms with Crippen molar-refractivity contribution in [2.75, 3.05) is 25.0 Å². The van der Waals surface area contributed by atoms with Crippen LogP contribution in [0.2, 0.25) is 0 Å². The molecule has 3 heterocycles. The van der Waals surface area contributed by atoms with E-state index in [1.807, 2.05) is 0 Å². The van der Waals surface area contributed by atoms with Gasteiger partial charge in [-0.15, -0.1) is 0 Å². The number of amides is 4. The Morgan fingerprint density at radius 3 is 2.58 bits per heavy atom. The minimum Gasteiger partial charge on any atom is -0.450 e. The van der Waals surface area contributed by atoms with E-state index in [0.29, 0.717) is 42.2 Å². The second-order valence-corrected chi connectivity index (χ2v) is 8.29. The van der Waals surface area contributed by atoms with Gasteiger partial charge in [-0.25, -0.2) is 9.78 Å². The Hall–Kier alpha value is -3.27. The Kier molecular flexibility index (Phi) is 5.99. The van der Waals surface area contributed by atoms with E-state index in [2.05, 4.69) is 10.3 Å². The number of hydrogen-bond donors (Lipinski definition) is 1. The topological polar surface area (TPSA) is 109 Å². The normalized spacial score (nSPS) is 15.0. The maximum Gasteiger partial charge on any atom is 0.413 e. The largest absolute Gasteiger partial charge is 0.450 e. The van der Waals surface area contributed by atoms with Crippen LogP contribution in [0, 0.1) is 0 Å². The average Bonchev–Trinajstić information content (AvgIpc) is 3.26. The first-order valence-electron chi connectivity index (χ1n) is 10.1. The van der Waals surface area contributed by atoms with E-state index >= 15 is 0 Å². The second-order valence-electron chi connectivity index (χ2n) is 7.21. The molecule has 4 rings (SSSR count). The van der Waals surface area contributed by atoms with E-state index in [-0.39, 0.29) is 37.3 Å². The molecule has 162 valence electrons. The van der Waals surface area contributed by atoms with Crippen LogP contribution in [-0.2, 0) is 22.5 Å². The molecule has 0 bridgehead atoms. The van der Waals surface area contributed by atoms with E-state index in [0.717, 1.165) is 10.6 Å². The molecule has 0 fully saturated rings. The quantitative estimate of drug-likeness (QED) is 0.689. The summed E-state index contributed by atoms with van der Waals surface area (Å²) in [5.41, 5.74) is 1.71. The van der Waals surface area contributed by atoms with Crippen molar-refractivity contribution < 1.29 is 23.9 Å². The van der Waals surface area contributed by atoms with Gasteiger partial charge in [0.1, 0.15) is 0 Å². The summed E-state index contributed by atoms with van der Waals surface area (Å²) >= 11 is 1.33. The average molecular weight is 442 g/mol. The number of nitrogens with one attached hydrogen (secondary N) is 1. The first-order valence-corrected chi connectivity index (χ1v) is 10.9. The summed E-state index contributed by atoms with van der Waals surface area (Å²) in [7, 11) is 0. The molecule has 1 aromatic heterocycles. The number of imide groups is 1. The molecule has 4 amide bonds. The molecule has 31 heavy (non-hydrogen) atoms. The Morgan fingerprint density at radius 2 is 1.90 bits per heavy atom. The minimum atomic E-state index is -0.547. The van der Waals surface area contributed by atoms with Crippen LogP contribution in [0.25, 0.3) is 0 Å². The molecule has 9 nitrogen and oxygen atoms in total. The van der Waals surface area contributed by atoms with Crippen LogP contribution >= 0.6 is 11.3 Å². The molecule has 0 saturated carbocycles. The van der Waals surface area contributed by atoms with E-state index in [1.165, 1.54) is 16.2 Å². The highest BCUT2D eigenvalue weighted by atomic mass is 32.1. The molecular formula is C21H22N4O5S.